The van der Waals surface area contributed by atoms with Crippen LogP contribution in [-0.2, 0) is 12.2 Å². The Labute approximate surface area is 234 Å². The van der Waals surface area contributed by atoms with Gasteiger partial charge in [0, 0.05) is 32.7 Å². The van der Waals surface area contributed by atoms with Gasteiger partial charge in [0.05, 0.1) is 22.8 Å². The molecule has 3 aromatic carbocycles. The van der Waals surface area contributed by atoms with Gasteiger partial charge in [0.2, 0.25) is 4.96 Å². The summed E-state index contributed by atoms with van der Waals surface area (Å²) in [6, 6.07) is 15.8. The van der Waals surface area contributed by atoms with Crippen molar-refractivity contribution < 1.29 is 9.13 Å². The van der Waals surface area contributed by atoms with Crippen LogP contribution in [0, 0.1) is 5.82 Å². The molecule has 0 saturated heterocycles. The van der Waals surface area contributed by atoms with Gasteiger partial charge in [0.15, 0.2) is 5.16 Å². The van der Waals surface area contributed by atoms with Gasteiger partial charge in [0.1, 0.15) is 11.6 Å². The molecule has 0 radical (unpaired) electrons. The molecule has 0 aliphatic heterocycles. The predicted octanol–water partition coefficient (Wildman–Crippen LogP) is 9.10. The summed E-state index contributed by atoms with van der Waals surface area (Å²) in [6.45, 7) is 0. The number of nitrogens with zero attached hydrogens (tertiary/aromatic N) is 3. The number of hydrogen-bond donors (Lipinski definition) is 0. The quantitative estimate of drug-likeness (QED) is 0.175. The maximum absolute atomic E-state index is 14.0. The Morgan fingerprint density at radius 2 is 1.72 bits per heavy atom. The Morgan fingerprint density at radius 1 is 0.944 bits per heavy atom. The van der Waals surface area contributed by atoms with Crippen molar-refractivity contribution in [2.75, 3.05) is 7.11 Å². The summed E-state index contributed by atoms with van der Waals surface area (Å²) in [5.41, 5.74) is 3.39. The van der Waals surface area contributed by atoms with Crippen molar-refractivity contribution in [2.24, 2.45) is 0 Å². The highest BCUT2D eigenvalue weighted by Gasteiger charge is 2.22. The van der Waals surface area contributed by atoms with Crippen molar-refractivity contribution in [1.82, 2.24) is 14.6 Å². The molecule has 0 aliphatic carbocycles. The van der Waals surface area contributed by atoms with Crippen molar-refractivity contribution in [3.63, 3.8) is 0 Å². The summed E-state index contributed by atoms with van der Waals surface area (Å²) in [7, 11) is 1.58. The van der Waals surface area contributed by atoms with E-state index in [9.17, 15) is 4.39 Å². The highest BCUT2D eigenvalue weighted by Crippen LogP contribution is 2.39. The monoisotopic (exact) mass is 597 g/mol. The second-order valence-electron chi connectivity index (χ2n) is 7.74. The van der Waals surface area contributed by atoms with Crippen LogP contribution in [0.5, 0.6) is 5.75 Å². The second-order valence-corrected chi connectivity index (χ2v) is 11.4. The molecule has 0 saturated carbocycles. The SMILES string of the molecule is COc1ccc(Cc2sc3nnc(SCc4c(Cl)cccc4Cl)n3c2-c2ccc(F)c(Cl)c2)cc1Cl. The fraction of sp³-hybridized carbons (Fsp3) is 0.120. The summed E-state index contributed by atoms with van der Waals surface area (Å²) < 4.78 is 21.2. The fourth-order valence-corrected chi connectivity index (χ4v) is 7.07. The number of ether oxygens (including phenoxy) is 1. The molecule has 2 heterocycles. The van der Waals surface area contributed by atoms with Gasteiger partial charge in [-0.15, -0.1) is 10.2 Å². The third kappa shape index (κ3) is 5.05. The first kappa shape index (κ1) is 25.6. The van der Waals surface area contributed by atoms with E-state index in [0.29, 0.717) is 43.1 Å². The molecule has 5 aromatic rings. The zero-order valence-electron chi connectivity index (χ0n) is 18.6. The van der Waals surface area contributed by atoms with Crippen LogP contribution in [-0.4, -0.2) is 21.7 Å². The summed E-state index contributed by atoms with van der Waals surface area (Å²) in [5.74, 6) is 0.623. The van der Waals surface area contributed by atoms with Crippen LogP contribution < -0.4 is 4.74 Å². The van der Waals surface area contributed by atoms with Crippen molar-refractivity contribution in [1.29, 1.82) is 0 Å². The summed E-state index contributed by atoms with van der Waals surface area (Å²) in [4.78, 5) is 1.70. The van der Waals surface area contributed by atoms with Gasteiger partial charge in [-0.3, -0.25) is 4.40 Å². The van der Waals surface area contributed by atoms with E-state index in [1.54, 1.807) is 37.4 Å². The molecule has 0 atom stereocenters. The van der Waals surface area contributed by atoms with E-state index in [0.717, 1.165) is 27.3 Å². The van der Waals surface area contributed by atoms with Crippen molar-refractivity contribution >= 4 is 74.5 Å². The lowest BCUT2D eigenvalue weighted by Crippen LogP contribution is -1.96. The van der Waals surface area contributed by atoms with Gasteiger partial charge in [-0.25, -0.2) is 4.39 Å². The highest BCUT2D eigenvalue weighted by molar-refractivity contribution is 7.98. The Kier molecular flexibility index (Phi) is 7.67. The molecule has 11 heteroatoms. The number of rotatable bonds is 7. The number of hydrogen-bond acceptors (Lipinski definition) is 5. The van der Waals surface area contributed by atoms with Gasteiger partial charge < -0.3 is 4.74 Å². The van der Waals surface area contributed by atoms with E-state index in [-0.39, 0.29) is 5.02 Å². The number of fused-ring (bicyclic) bond motifs is 1. The van der Waals surface area contributed by atoms with E-state index in [1.807, 2.05) is 22.6 Å². The third-order valence-electron chi connectivity index (χ3n) is 5.49. The normalized spacial score (nSPS) is 11.4. The van der Waals surface area contributed by atoms with Gasteiger partial charge in [-0.1, -0.05) is 81.6 Å². The Bertz CT molecular complexity index is 1570. The molecule has 4 nitrogen and oxygen atoms in total. The second kappa shape index (κ2) is 10.8. The standard InChI is InChI=1S/C25H16Cl4FN3OS2/c1-34-21-8-5-13(9-19(21)29)10-22-23(14-6-7-20(30)18(28)11-14)33-24(31-32-25(33)36-22)35-12-15-16(26)3-2-4-17(15)27/h2-9,11H,10,12H2,1H3. The lowest BCUT2D eigenvalue weighted by molar-refractivity contribution is 0.415. The van der Waals surface area contributed by atoms with Crippen molar-refractivity contribution in [3.8, 4) is 17.0 Å². The minimum Gasteiger partial charge on any atom is -0.495 e. The minimum absolute atomic E-state index is 0.0374. The first-order valence-corrected chi connectivity index (χ1v) is 13.9. The lowest BCUT2D eigenvalue weighted by atomic mass is 10.1. The number of benzene rings is 3. The molecule has 5 rings (SSSR count). The molecule has 0 fully saturated rings. The third-order valence-corrected chi connectivity index (χ3v) is 8.77. The first-order valence-electron chi connectivity index (χ1n) is 10.6. The average Bonchev–Trinajstić information content (AvgIpc) is 3.40. The van der Waals surface area contributed by atoms with Gasteiger partial charge in [-0.2, -0.15) is 0 Å². The molecular weight excluding hydrogens is 583 g/mol. The summed E-state index contributed by atoms with van der Waals surface area (Å²) in [5, 5.41) is 11.2. The van der Waals surface area contributed by atoms with Crippen LogP contribution in [0.15, 0.2) is 59.8 Å². The molecule has 0 unspecified atom stereocenters. The first-order chi connectivity index (χ1) is 17.4. The van der Waals surface area contributed by atoms with Gasteiger partial charge in [-0.05, 0) is 53.6 Å². The number of thiazole rings is 1. The maximum atomic E-state index is 14.0. The molecule has 0 aliphatic rings. The molecule has 184 valence electrons. The lowest BCUT2D eigenvalue weighted by Gasteiger charge is -2.10. The van der Waals surface area contributed by atoms with Crippen molar-refractivity contribution in [2.45, 2.75) is 17.3 Å². The van der Waals surface area contributed by atoms with Gasteiger partial charge in [0.25, 0.3) is 0 Å². The van der Waals surface area contributed by atoms with Crippen molar-refractivity contribution in [3.05, 3.63) is 96.5 Å². The molecule has 0 amide bonds. The molecule has 0 N–H and O–H groups in total. The van der Waals surface area contributed by atoms with E-state index >= 15 is 0 Å². The largest absolute Gasteiger partial charge is 0.495 e. The molecule has 36 heavy (non-hydrogen) atoms. The van der Waals surface area contributed by atoms with Crippen LogP contribution in [0.2, 0.25) is 20.1 Å². The molecular formula is C25H16Cl4FN3OS2. The smallest absolute Gasteiger partial charge is 0.217 e. The van der Waals surface area contributed by atoms with E-state index < -0.39 is 5.82 Å². The number of halogens is 5. The predicted molar refractivity (Wildman–Crippen MR) is 148 cm³/mol. The van der Waals surface area contributed by atoms with Crippen LogP contribution in [0.4, 0.5) is 4.39 Å². The maximum Gasteiger partial charge on any atom is 0.217 e. The highest BCUT2D eigenvalue weighted by atomic mass is 35.5. The molecule has 2 aromatic heterocycles. The average molecular weight is 599 g/mol. The topological polar surface area (TPSA) is 39.4 Å². The van der Waals surface area contributed by atoms with Gasteiger partial charge >= 0.3 is 0 Å². The van der Waals surface area contributed by atoms with E-state index in [2.05, 4.69) is 10.2 Å². The molecule has 0 bridgehead atoms. The zero-order valence-corrected chi connectivity index (χ0v) is 23.2. The molecule has 0 spiro atoms. The summed E-state index contributed by atoms with van der Waals surface area (Å²) in [6.07, 6.45) is 0.572. The van der Waals surface area contributed by atoms with E-state index in [1.165, 1.54) is 29.2 Å². The number of aromatic nitrogens is 3. The van der Waals surface area contributed by atoms with Crippen LogP contribution in [0.25, 0.3) is 16.2 Å². The van der Waals surface area contributed by atoms with Crippen LogP contribution in [0.3, 0.4) is 0 Å². The van der Waals surface area contributed by atoms with E-state index in [4.69, 9.17) is 51.1 Å². The minimum atomic E-state index is -0.484. The summed E-state index contributed by atoms with van der Waals surface area (Å²) >= 11 is 28.2. The fourth-order valence-electron chi connectivity index (χ4n) is 3.76. The zero-order chi connectivity index (χ0) is 25.4. The Balaban J connectivity index is 1.60. The van der Waals surface area contributed by atoms with Crippen LogP contribution in [0.1, 0.15) is 16.0 Å². The Hall–Kier alpha value is -2.00. The Morgan fingerprint density at radius 3 is 2.42 bits per heavy atom. The number of thioether (sulfide) groups is 1. The van der Waals surface area contributed by atoms with Crippen LogP contribution >= 0.6 is 69.5 Å². The number of methoxy groups -OCH3 is 1.